The second-order valence-corrected chi connectivity index (χ2v) is 5.32. The zero-order chi connectivity index (χ0) is 13.1. The van der Waals surface area contributed by atoms with E-state index in [0.717, 1.165) is 18.4 Å². The average Bonchev–Trinajstić information content (AvgIpc) is 2.23. The largest absolute Gasteiger partial charge is 0.390 e. The van der Waals surface area contributed by atoms with Crippen molar-refractivity contribution in [3.05, 3.63) is 23.3 Å². The molecule has 0 saturated carbocycles. The van der Waals surface area contributed by atoms with Gasteiger partial charge in [-0.05, 0) is 46.5 Å². The summed E-state index contributed by atoms with van der Waals surface area (Å²) in [5.41, 5.74) is 0.887. The molecule has 0 aromatic rings. The predicted molar refractivity (Wildman–Crippen MR) is 68.6 cm³/mol. The van der Waals surface area contributed by atoms with Crippen LogP contribution in [-0.4, -0.2) is 33.1 Å². The Kier molecular flexibility index (Phi) is 4.92. The molecule has 3 nitrogen and oxygen atoms in total. The SMILES string of the molecule is CC(C)=CCC[C@@H](O)[C@]1(O)CCC(C)=C[C@H]1O. The van der Waals surface area contributed by atoms with Crippen molar-refractivity contribution < 1.29 is 15.3 Å². The fourth-order valence-corrected chi connectivity index (χ4v) is 2.19. The van der Waals surface area contributed by atoms with E-state index in [1.165, 1.54) is 5.57 Å². The van der Waals surface area contributed by atoms with Gasteiger partial charge in [-0.2, -0.15) is 0 Å². The van der Waals surface area contributed by atoms with Crippen LogP contribution in [0.15, 0.2) is 23.3 Å². The lowest BCUT2D eigenvalue weighted by atomic mass is 9.78. The summed E-state index contributed by atoms with van der Waals surface area (Å²) in [6, 6.07) is 0. The minimum Gasteiger partial charge on any atom is -0.390 e. The van der Waals surface area contributed by atoms with Crippen molar-refractivity contribution in [3.63, 3.8) is 0 Å². The van der Waals surface area contributed by atoms with Gasteiger partial charge in [0.1, 0.15) is 11.7 Å². The number of hydrogen-bond donors (Lipinski definition) is 3. The summed E-state index contributed by atoms with van der Waals surface area (Å²) in [5, 5.41) is 30.2. The van der Waals surface area contributed by atoms with Gasteiger partial charge in [0.25, 0.3) is 0 Å². The molecule has 0 spiro atoms. The molecule has 3 heteroatoms. The van der Waals surface area contributed by atoms with Gasteiger partial charge in [0, 0.05) is 0 Å². The lowest BCUT2D eigenvalue weighted by Gasteiger charge is -2.39. The van der Waals surface area contributed by atoms with Crippen molar-refractivity contribution in [1.29, 1.82) is 0 Å². The van der Waals surface area contributed by atoms with Crippen LogP contribution in [0, 0.1) is 0 Å². The molecule has 0 amide bonds. The number of allylic oxidation sites excluding steroid dienone is 3. The molecule has 0 aliphatic heterocycles. The monoisotopic (exact) mass is 240 g/mol. The maximum atomic E-state index is 10.3. The summed E-state index contributed by atoms with van der Waals surface area (Å²) in [7, 11) is 0. The topological polar surface area (TPSA) is 60.7 Å². The van der Waals surface area contributed by atoms with Crippen LogP contribution in [0.4, 0.5) is 0 Å². The average molecular weight is 240 g/mol. The molecule has 1 aliphatic carbocycles. The molecule has 3 atom stereocenters. The Labute approximate surface area is 103 Å². The molecule has 1 aliphatic rings. The summed E-state index contributed by atoms with van der Waals surface area (Å²) in [6.07, 6.45) is 4.19. The normalized spacial score (nSPS) is 30.7. The van der Waals surface area contributed by atoms with Crippen molar-refractivity contribution in [2.75, 3.05) is 0 Å². The van der Waals surface area contributed by atoms with Crippen LogP contribution >= 0.6 is 0 Å². The first-order valence-corrected chi connectivity index (χ1v) is 6.25. The zero-order valence-corrected chi connectivity index (χ0v) is 11.0. The Morgan fingerprint density at radius 3 is 2.76 bits per heavy atom. The molecule has 0 aromatic carbocycles. The van der Waals surface area contributed by atoms with E-state index in [2.05, 4.69) is 0 Å². The van der Waals surface area contributed by atoms with E-state index in [1.807, 2.05) is 26.8 Å². The van der Waals surface area contributed by atoms with Gasteiger partial charge in [-0.3, -0.25) is 0 Å². The maximum Gasteiger partial charge on any atom is 0.120 e. The van der Waals surface area contributed by atoms with Gasteiger partial charge in [-0.1, -0.05) is 23.3 Å². The molecule has 0 bridgehead atoms. The highest BCUT2D eigenvalue weighted by Crippen LogP contribution is 2.32. The van der Waals surface area contributed by atoms with Crippen LogP contribution in [0.5, 0.6) is 0 Å². The summed E-state index contributed by atoms with van der Waals surface area (Å²) >= 11 is 0. The first-order chi connectivity index (χ1) is 7.86. The first kappa shape index (κ1) is 14.4. The third-order valence-electron chi connectivity index (χ3n) is 3.44. The second-order valence-electron chi connectivity index (χ2n) is 5.32. The van der Waals surface area contributed by atoms with Crippen LogP contribution in [0.3, 0.4) is 0 Å². The fourth-order valence-electron chi connectivity index (χ4n) is 2.19. The van der Waals surface area contributed by atoms with Gasteiger partial charge < -0.3 is 15.3 Å². The molecule has 0 saturated heterocycles. The van der Waals surface area contributed by atoms with Crippen LogP contribution in [-0.2, 0) is 0 Å². The van der Waals surface area contributed by atoms with Crippen LogP contribution in [0.1, 0.15) is 46.5 Å². The van der Waals surface area contributed by atoms with Crippen molar-refractivity contribution in [1.82, 2.24) is 0 Å². The Hall–Kier alpha value is -0.640. The van der Waals surface area contributed by atoms with Crippen LogP contribution in [0.25, 0.3) is 0 Å². The smallest absolute Gasteiger partial charge is 0.120 e. The summed E-state index contributed by atoms with van der Waals surface area (Å²) in [6.45, 7) is 5.93. The van der Waals surface area contributed by atoms with Gasteiger partial charge in [0.15, 0.2) is 0 Å². The van der Waals surface area contributed by atoms with Crippen molar-refractivity contribution in [3.8, 4) is 0 Å². The molecule has 3 N–H and O–H groups in total. The maximum absolute atomic E-state index is 10.3. The molecular weight excluding hydrogens is 216 g/mol. The zero-order valence-electron chi connectivity index (χ0n) is 11.0. The van der Waals surface area contributed by atoms with Crippen molar-refractivity contribution in [2.45, 2.75) is 64.3 Å². The molecule has 1 rings (SSSR count). The molecule has 0 fully saturated rings. The van der Waals surface area contributed by atoms with Gasteiger partial charge in [0.2, 0.25) is 0 Å². The van der Waals surface area contributed by atoms with E-state index in [4.69, 9.17) is 0 Å². The predicted octanol–water partition coefficient (Wildman–Crippen LogP) is 1.93. The number of hydrogen-bond acceptors (Lipinski definition) is 3. The quantitative estimate of drug-likeness (QED) is 0.658. The van der Waals surface area contributed by atoms with Crippen LogP contribution in [0.2, 0.25) is 0 Å². The minimum atomic E-state index is -1.38. The molecule has 0 aromatic heterocycles. The standard InChI is InChI=1S/C14H24O3/c1-10(2)5-4-6-12(15)14(17)8-7-11(3)9-13(14)16/h5,9,12-13,15-17H,4,6-8H2,1-3H3/t12-,13-,14-/m1/s1. The van der Waals surface area contributed by atoms with E-state index in [-0.39, 0.29) is 0 Å². The van der Waals surface area contributed by atoms with Gasteiger partial charge in [-0.15, -0.1) is 0 Å². The molecule has 0 heterocycles. The number of aliphatic hydroxyl groups is 3. The Bertz CT molecular complexity index is 315. The summed E-state index contributed by atoms with van der Waals surface area (Å²) < 4.78 is 0. The highest BCUT2D eigenvalue weighted by molar-refractivity contribution is 5.15. The Morgan fingerprint density at radius 2 is 2.24 bits per heavy atom. The molecule has 0 unspecified atom stereocenters. The second kappa shape index (κ2) is 5.80. The third-order valence-corrected chi connectivity index (χ3v) is 3.44. The van der Waals surface area contributed by atoms with E-state index >= 15 is 0 Å². The first-order valence-electron chi connectivity index (χ1n) is 6.25. The fraction of sp³-hybridized carbons (Fsp3) is 0.714. The number of aliphatic hydroxyl groups excluding tert-OH is 2. The van der Waals surface area contributed by atoms with Crippen molar-refractivity contribution >= 4 is 0 Å². The van der Waals surface area contributed by atoms with E-state index < -0.39 is 17.8 Å². The molecule has 98 valence electrons. The molecule has 17 heavy (non-hydrogen) atoms. The lowest BCUT2D eigenvalue weighted by molar-refractivity contribution is -0.140. The molecule has 0 radical (unpaired) electrons. The van der Waals surface area contributed by atoms with Crippen LogP contribution < -0.4 is 0 Å². The lowest BCUT2D eigenvalue weighted by Crippen LogP contribution is -2.52. The molecular formula is C14H24O3. The van der Waals surface area contributed by atoms with E-state index in [9.17, 15) is 15.3 Å². The summed E-state index contributed by atoms with van der Waals surface area (Å²) in [4.78, 5) is 0. The highest BCUT2D eigenvalue weighted by Gasteiger charge is 2.42. The van der Waals surface area contributed by atoms with Gasteiger partial charge in [-0.25, -0.2) is 0 Å². The third kappa shape index (κ3) is 3.66. The van der Waals surface area contributed by atoms with E-state index in [1.54, 1.807) is 6.08 Å². The minimum absolute atomic E-state index is 0.423. The Morgan fingerprint density at radius 1 is 1.59 bits per heavy atom. The van der Waals surface area contributed by atoms with E-state index in [0.29, 0.717) is 12.8 Å². The van der Waals surface area contributed by atoms with Gasteiger partial charge >= 0.3 is 0 Å². The van der Waals surface area contributed by atoms with Gasteiger partial charge in [0.05, 0.1) is 6.10 Å². The van der Waals surface area contributed by atoms with Crippen molar-refractivity contribution in [2.24, 2.45) is 0 Å². The Balaban J connectivity index is 2.61. The summed E-state index contributed by atoms with van der Waals surface area (Å²) in [5.74, 6) is 0. The highest BCUT2D eigenvalue weighted by atomic mass is 16.4. The number of rotatable bonds is 4.